The van der Waals surface area contributed by atoms with Crippen molar-refractivity contribution in [3.05, 3.63) is 70.8 Å². The Morgan fingerprint density at radius 2 is 1.81 bits per heavy atom. The third-order valence-electron chi connectivity index (χ3n) is 5.30. The number of carbonyl (C=O) groups is 3. The highest BCUT2D eigenvalue weighted by atomic mass is 16.6. The number of ketones is 1. The lowest BCUT2D eigenvalue weighted by atomic mass is 9.77. The predicted octanol–water partition coefficient (Wildman–Crippen LogP) is 2.97. The van der Waals surface area contributed by atoms with Crippen molar-refractivity contribution >= 4 is 17.7 Å². The topological polar surface area (TPSA) is 110 Å². The minimum atomic E-state index is -1.90. The number of carbonyl (C=O) groups excluding carboxylic acids is 3. The van der Waals surface area contributed by atoms with E-state index in [-0.39, 0.29) is 17.9 Å². The van der Waals surface area contributed by atoms with Gasteiger partial charge in [0.25, 0.3) is 5.78 Å². The van der Waals surface area contributed by atoms with Crippen LogP contribution in [0.5, 0.6) is 11.5 Å². The third kappa shape index (κ3) is 4.30. The number of phenols is 2. The molecule has 0 spiro atoms. The number of phenolic OH excluding ortho intramolecular Hbond substituents is 2. The van der Waals surface area contributed by atoms with Gasteiger partial charge in [-0.3, -0.25) is 4.79 Å². The van der Waals surface area contributed by atoms with Crippen molar-refractivity contribution in [2.75, 3.05) is 7.11 Å². The highest BCUT2D eigenvalue weighted by Gasteiger charge is 2.61. The zero-order valence-corrected chi connectivity index (χ0v) is 17.5. The Morgan fingerprint density at radius 3 is 2.42 bits per heavy atom. The molecule has 3 rings (SSSR count). The summed E-state index contributed by atoms with van der Waals surface area (Å²) >= 11 is 0. The first-order valence-corrected chi connectivity index (χ1v) is 9.76. The van der Waals surface area contributed by atoms with Crippen LogP contribution in [0.2, 0.25) is 0 Å². The summed E-state index contributed by atoms with van der Waals surface area (Å²) in [6.07, 6.45) is 2.31. The molecule has 1 aliphatic heterocycles. The molecule has 162 valence electrons. The van der Waals surface area contributed by atoms with Crippen LogP contribution in [0.4, 0.5) is 0 Å². The number of Topliss-reactive ketones (excluding diaryl/α,β-unsaturated/α-hetero) is 1. The Balaban J connectivity index is 2.08. The smallest absolute Gasteiger partial charge is 0.376 e. The van der Waals surface area contributed by atoms with Gasteiger partial charge in [-0.05, 0) is 55.2 Å². The monoisotopic (exact) mass is 424 g/mol. The van der Waals surface area contributed by atoms with Crippen LogP contribution in [-0.2, 0) is 36.7 Å². The fourth-order valence-electron chi connectivity index (χ4n) is 3.76. The Labute approximate surface area is 179 Å². The number of rotatable bonds is 6. The number of hydrogen-bond acceptors (Lipinski definition) is 7. The zero-order valence-electron chi connectivity index (χ0n) is 17.5. The van der Waals surface area contributed by atoms with E-state index in [1.807, 2.05) is 19.9 Å². The third-order valence-corrected chi connectivity index (χ3v) is 5.30. The van der Waals surface area contributed by atoms with Gasteiger partial charge in [0.15, 0.2) is 0 Å². The van der Waals surface area contributed by atoms with Gasteiger partial charge in [0.1, 0.15) is 17.4 Å². The molecule has 0 aromatic heterocycles. The summed E-state index contributed by atoms with van der Waals surface area (Å²) in [6.45, 7) is 3.89. The molecule has 0 amide bonds. The molecule has 1 aliphatic rings. The van der Waals surface area contributed by atoms with Gasteiger partial charge in [-0.2, -0.15) is 0 Å². The van der Waals surface area contributed by atoms with Crippen molar-refractivity contribution in [2.45, 2.75) is 38.2 Å². The summed E-state index contributed by atoms with van der Waals surface area (Å²) < 4.78 is 10.3. The van der Waals surface area contributed by atoms with Crippen molar-refractivity contribution in [1.29, 1.82) is 0 Å². The van der Waals surface area contributed by atoms with Crippen molar-refractivity contribution < 1.29 is 34.1 Å². The number of methoxy groups -OCH3 is 1. The lowest BCUT2D eigenvalue weighted by Gasteiger charge is -2.30. The molecule has 2 N–H and O–H groups in total. The van der Waals surface area contributed by atoms with Crippen molar-refractivity contribution in [3.8, 4) is 11.5 Å². The summed E-state index contributed by atoms with van der Waals surface area (Å²) in [4.78, 5) is 37.9. The predicted molar refractivity (Wildman–Crippen MR) is 112 cm³/mol. The van der Waals surface area contributed by atoms with Gasteiger partial charge in [0, 0.05) is 6.42 Å². The molecule has 31 heavy (non-hydrogen) atoms. The number of cyclic esters (lactones) is 1. The maximum atomic E-state index is 12.9. The maximum absolute atomic E-state index is 12.9. The van der Waals surface area contributed by atoms with E-state index in [0.717, 1.165) is 12.7 Å². The maximum Gasteiger partial charge on any atom is 0.376 e. The Hall–Kier alpha value is -3.61. The molecule has 0 aliphatic carbocycles. The molecule has 1 fully saturated rings. The molecule has 7 nitrogen and oxygen atoms in total. The van der Waals surface area contributed by atoms with E-state index >= 15 is 0 Å². The lowest BCUT2D eigenvalue weighted by molar-refractivity contribution is -0.173. The van der Waals surface area contributed by atoms with Gasteiger partial charge in [0.2, 0.25) is 5.60 Å². The van der Waals surface area contributed by atoms with Crippen LogP contribution in [0.3, 0.4) is 0 Å². The first-order valence-electron chi connectivity index (χ1n) is 9.76. The Kier molecular flexibility index (Phi) is 6.15. The average Bonchev–Trinajstić information content (AvgIpc) is 2.99. The van der Waals surface area contributed by atoms with Crippen LogP contribution in [-0.4, -0.2) is 40.6 Å². The van der Waals surface area contributed by atoms with Gasteiger partial charge in [-0.25, -0.2) is 9.59 Å². The average molecular weight is 424 g/mol. The summed E-state index contributed by atoms with van der Waals surface area (Å²) in [6, 6.07) is 10.5. The van der Waals surface area contributed by atoms with E-state index in [1.165, 1.54) is 30.3 Å². The molecular formula is C24H24O7. The zero-order chi connectivity index (χ0) is 22.8. The van der Waals surface area contributed by atoms with Crippen molar-refractivity contribution in [3.63, 3.8) is 0 Å². The van der Waals surface area contributed by atoms with Crippen molar-refractivity contribution in [2.24, 2.45) is 0 Å². The fourth-order valence-corrected chi connectivity index (χ4v) is 3.76. The molecule has 0 saturated carbocycles. The van der Waals surface area contributed by atoms with Crippen LogP contribution >= 0.6 is 0 Å². The van der Waals surface area contributed by atoms with Crippen LogP contribution in [0.15, 0.2) is 54.1 Å². The second-order valence-electron chi connectivity index (χ2n) is 7.78. The number of hydrogen-bond donors (Lipinski definition) is 2. The minimum Gasteiger partial charge on any atom is -0.508 e. The van der Waals surface area contributed by atoms with Crippen molar-refractivity contribution in [1.82, 2.24) is 0 Å². The second kappa shape index (κ2) is 8.63. The van der Waals surface area contributed by atoms with Crippen LogP contribution < -0.4 is 0 Å². The highest BCUT2D eigenvalue weighted by molar-refractivity contribution is 6.39. The second-order valence-corrected chi connectivity index (χ2v) is 7.78. The van der Waals surface area contributed by atoms with E-state index < -0.39 is 29.2 Å². The molecule has 7 heteroatoms. The lowest BCUT2D eigenvalue weighted by Crippen LogP contribution is -2.47. The number of esters is 2. The number of allylic oxidation sites excluding steroid dienone is 2. The SMILES string of the molecule is COC(=O)C1(Cc2ccc(O)c(CC=C(C)C)c2)OC(=O)C(=O)C1c1ccc(O)cc1. The summed E-state index contributed by atoms with van der Waals surface area (Å²) in [5.41, 5.74) is 0.758. The van der Waals surface area contributed by atoms with E-state index in [9.17, 15) is 24.6 Å². The number of benzene rings is 2. The van der Waals surface area contributed by atoms with E-state index in [1.54, 1.807) is 12.1 Å². The van der Waals surface area contributed by atoms with Gasteiger partial charge in [-0.15, -0.1) is 0 Å². The molecule has 2 aromatic rings. The molecule has 1 heterocycles. The molecule has 0 bridgehead atoms. The summed E-state index contributed by atoms with van der Waals surface area (Å²) in [7, 11) is 1.16. The molecule has 0 radical (unpaired) electrons. The van der Waals surface area contributed by atoms with E-state index in [2.05, 4.69) is 0 Å². The number of ether oxygens (including phenoxy) is 2. The van der Waals surface area contributed by atoms with Crippen LogP contribution in [0, 0.1) is 0 Å². The molecule has 2 aromatic carbocycles. The first-order chi connectivity index (χ1) is 14.7. The molecular weight excluding hydrogens is 400 g/mol. The van der Waals surface area contributed by atoms with Gasteiger partial charge < -0.3 is 19.7 Å². The normalized spacial score (nSPS) is 20.3. The quantitative estimate of drug-likeness (QED) is 0.417. The molecule has 1 saturated heterocycles. The van der Waals surface area contributed by atoms with E-state index in [4.69, 9.17) is 9.47 Å². The fraction of sp³-hybridized carbons (Fsp3) is 0.292. The van der Waals surface area contributed by atoms with Gasteiger partial charge >= 0.3 is 11.9 Å². The van der Waals surface area contributed by atoms with Crippen LogP contribution in [0.1, 0.15) is 36.5 Å². The van der Waals surface area contributed by atoms with E-state index in [0.29, 0.717) is 23.1 Å². The largest absolute Gasteiger partial charge is 0.508 e. The van der Waals surface area contributed by atoms with Crippen LogP contribution in [0.25, 0.3) is 0 Å². The highest BCUT2D eigenvalue weighted by Crippen LogP contribution is 2.42. The standard InChI is InChI=1S/C24H24O7/c1-14(2)4-6-17-12-15(5-11-19(17)26)13-24(23(29)30-3)20(21(27)22(28)31-24)16-7-9-18(25)10-8-16/h4-5,7-12,20,25-26H,6,13H2,1-3H3. The summed E-state index contributed by atoms with van der Waals surface area (Å²) in [5, 5.41) is 19.8. The summed E-state index contributed by atoms with van der Waals surface area (Å²) in [5.74, 6) is -3.99. The Bertz CT molecular complexity index is 1050. The number of aromatic hydroxyl groups is 2. The first kappa shape index (κ1) is 22.1. The molecule has 2 unspecified atom stereocenters. The Morgan fingerprint density at radius 1 is 1.13 bits per heavy atom. The molecule has 2 atom stereocenters. The minimum absolute atomic E-state index is 0.0208. The van der Waals surface area contributed by atoms with Gasteiger partial charge in [-0.1, -0.05) is 35.9 Å². The van der Waals surface area contributed by atoms with Gasteiger partial charge in [0.05, 0.1) is 7.11 Å².